The van der Waals surface area contributed by atoms with Gasteiger partial charge in [0.05, 0.1) is 6.10 Å². The molecule has 0 aliphatic heterocycles. The van der Waals surface area contributed by atoms with Gasteiger partial charge in [0.1, 0.15) is 18.0 Å². The maximum Gasteiger partial charge on any atom is 0.328 e. The Balaban J connectivity index is 2.85. The first-order valence-electron chi connectivity index (χ1n) is 6.75. The lowest BCUT2D eigenvalue weighted by molar-refractivity contribution is -0.149. The number of aliphatic carboxylic acids is 1. The molecular weight excluding hydrogens is 309 g/mol. The van der Waals surface area contributed by atoms with E-state index in [0.717, 1.165) is 0 Å². The summed E-state index contributed by atoms with van der Waals surface area (Å²) < 4.78 is 23.0. The normalized spacial score (nSPS) is 14.9. The zero-order valence-corrected chi connectivity index (χ0v) is 13.6. The number of hydrogen-bond acceptors (Lipinski definition) is 5. The fourth-order valence-electron chi connectivity index (χ4n) is 1.62. The van der Waals surface area contributed by atoms with E-state index in [1.54, 1.807) is 44.2 Å². The van der Waals surface area contributed by atoms with Crippen molar-refractivity contribution >= 4 is 19.5 Å². The standard InChI is InChI=1S/C14H20NO6P/c1-10(2)20-14(18)11(3)15-22(19,9-13(16)17)21-12-7-5-4-6-8-12/h4-8,10-11H,9H2,1-3H3,(H,15,19)(H,16,17)/t11-,22-/m0/s1. The number of carbonyl (C=O) groups excluding carboxylic acids is 1. The topological polar surface area (TPSA) is 102 Å². The molecule has 0 amide bonds. The van der Waals surface area contributed by atoms with Crippen LogP contribution in [0.2, 0.25) is 0 Å². The van der Waals surface area contributed by atoms with Crippen LogP contribution in [0.1, 0.15) is 20.8 Å². The Labute approximate surface area is 129 Å². The van der Waals surface area contributed by atoms with Gasteiger partial charge in [-0.3, -0.25) is 14.2 Å². The van der Waals surface area contributed by atoms with E-state index in [2.05, 4.69) is 5.09 Å². The van der Waals surface area contributed by atoms with Gasteiger partial charge in [0.25, 0.3) is 0 Å². The smallest absolute Gasteiger partial charge is 0.328 e. The number of ether oxygens (including phenoxy) is 1. The summed E-state index contributed by atoms with van der Waals surface area (Å²) >= 11 is 0. The largest absolute Gasteiger partial charge is 0.481 e. The number of carboxylic acids is 1. The number of benzene rings is 1. The summed E-state index contributed by atoms with van der Waals surface area (Å²) in [6, 6.07) is 7.20. The maximum absolute atomic E-state index is 12.7. The molecule has 2 atom stereocenters. The van der Waals surface area contributed by atoms with Gasteiger partial charge >= 0.3 is 19.5 Å². The van der Waals surface area contributed by atoms with E-state index in [1.807, 2.05) is 0 Å². The number of hydrogen-bond donors (Lipinski definition) is 2. The average molecular weight is 329 g/mol. The van der Waals surface area contributed by atoms with Crippen LogP contribution in [0, 0.1) is 0 Å². The molecule has 0 aromatic heterocycles. The van der Waals surface area contributed by atoms with Crippen LogP contribution in [0.15, 0.2) is 30.3 Å². The molecule has 7 nitrogen and oxygen atoms in total. The minimum atomic E-state index is -3.80. The van der Waals surface area contributed by atoms with Crippen molar-refractivity contribution in [2.75, 3.05) is 6.16 Å². The monoisotopic (exact) mass is 329 g/mol. The predicted octanol–water partition coefficient (Wildman–Crippen LogP) is 2.27. The van der Waals surface area contributed by atoms with Gasteiger partial charge in [0.15, 0.2) is 0 Å². The molecule has 0 saturated carbocycles. The first-order valence-corrected chi connectivity index (χ1v) is 8.56. The van der Waals surface area contributed by atoms with E-state index >= 15 is 0 Å². The Hall–Kier alpha value is -1.85. The fourth-order valence-corrected chi connectivity index (χ4v) is 3.34. The maximum atomic E-state index is 12.7. The number of nitrogens with one attached hydrogen (secondary N) is 1. The van der Waals surface area contributed by atoms with Crippen molar-refractivity contribution in [1.82, 2.24) is 5.09 Å². The first kappa shape index (κ1) is 18.2. The van der Waals surface area contributed by atoms with Crippen molar-refractivity contribution in [3.05, 3.63) is 30.3 Å². The number of rotatable bonds is 8. The number of para-hydroxylation sites is 1. The van der Waals surface area contributed by atoms with Gasteiger partial charge in [0, 0.05) is 0 Å². The van der Waals surface area contributed by atoms with Crippen LogP contribution in [-0.4, -0.2) is 35.4 Å². The molecule has 122 valence electrons. The van der Waals surface area contributed by atoms with E-state index in [-0.39, 0.29) is 11.9 Å². The van der Waals surface area contributed by atoms with Gasteiger partial charge in [-0.2, -0.15) is 0 Å². The highest BCUT2D eigenvalue weighted by atomic mass is 31.2. The highest BCUT2D eigenvalue weighted by molar-refractivity contribution is 7.58. The second kappa shape index (κ2) is 7.96. The van der Waals surface area contributed by atoms with Crippen LogP contribution in [0.4, 0.5) is 0 Å². The molecule has 0 fully saturated rings. The van der Waals surface area contributed by atoms with E-state index in [9.17, 15) is 14.2 Å². The molecule has 1 rings (SSSR count). The van der Waals surface area contributed by atoms with Crippen LogP contribution in [0.5, 0.6) is 5.75 Å². The zero-order chi connectivity index (χ0) is 16.8. The molecule has 0 unspecified atom stereocenters. The molecule has 1 aromatic carbocycles. The number of carbonyl (C=O) groups is 2. The molecule has 1 aromatic rings. The summed E-state index contributed by atoms with van der Waals surface area (Å²) in [4.78, 5) is 22.7. The van der Waals surface area contributed by atoms with Crippen molar-refractivity contribution < 1.29 is 28.5 Å². The van der Waals surface area contributed by atoms with Gasteiger partial charge < -0.3 is 14.4 Å². The molecule has 22 heavy (non-hydrogen) atoms. The van der Waals surface area contributed by atoms with Crippen LogP contribution in [0.25, 0.3) is 0 Å². The second-order valence-electron chi connectivity index (χ2n) is 4.97. The summed E-state index contributed by atoms with van der Waals surface area (Å²) in [6.45, 7) is 4.80. The van der Waals surface area contributed by atoms with Crippen molar-refractivity contribution in [3.8, 4) is 5.75 Å². The Kier molecular flexibility index (Phi) is 6.59. The molecule has 0 spiro atoms. The van der Waals surface area contributed by atoms with Crippen molar-refractivity contribution in [1.29, 1.82) is 0 Å². The van der Waals surface area contributed by atoms with Gasteiger partial charge in [-0.1, -0.05) is 18.2 Å². The van der Waals surface area contributed by atoms with Crippen LogP contribution in [0.3, 0.4) is 0 Å². The van der Waals surface area contributed by atoms with Crippen LogP contribution < -0.4 is 9.61 Å². The van der Waals surface area contributed by atoms with Crippen LogP contribution in [-0.2, 0) is 18.9 Å². The minimum absolute atomic E-state index is 0.254. The zero-order valence-electron chi connectivity index (χ0n) is 12.7. The number of carboxylic acid groups (broad SMARTS) is 1. The lowest BCUT2D eigenvalue weighted by Gasteiger charge is -2.22. The predicted molar refractivity (Wildman–Crippen MR) is 81.0 cm³/mol. The molecule has 0 radical (unpaired) electrons. The van der Waals surface area contributed by atoms with E-state index < -0.39 is 31.7 Å². The van der Waals surface area contributed by atoms with Gasteiger partial charge in [-0.25, -0.2) is 5.09 Å². The number of esters is 1. The van der Waals surface area contributed by atoms with Gasteiger partial charge in [-0.15, -0.1) is 0 Å². The molecular formula is C14H20NO6P. The summed E-state index contributed by atoms with van der Waals surface area (Å²) in [5, 5.41) is 11.4. The van der Waals surface area contributed by atoms with Crippen molar-refractivity contribution in [3.63, 3.8) is 0 Å². The van der Waals surface area contributed by atoms with Gasteiger partial charge in [0.2, 0.25) is 0 Å². The van der Waals surface area contributed by atoms with Crippen LogP contribution >= 0.6 is 7.52 Å². The molecule has 0 aliphatic rings. The molecule has 0 bridgehead atoms. The Morgan fingerprint density at radius 2 is 1.82 bits per heavy atom. The van der Waals surface area contributed by atoms with E-state index in [1.165, 1.54) is 6.92 Å². The van der Waals surface area contributed by atoms with E-state index in [4.69, 9.17) is 14.4 Å². The third kappa shape index (κ3) is 6.28. The molecule has 0 saturated heterocycles. The first-order chi connectivity index (χ1) is 10.2. The van der Waals surface area contributed by atoms with Gasteiger partial charge in [-0.05, 0) is 32.9 Å². The van der Waals surface area contributed by atoms with Crippen molar-refractivity contribution in [2.24, 2.45) is 0 Å². The average Bonchev–Trinajstić information content (AvgIpc) is 2.37. The third-order valence-electron chi connectivity index (χ3n) is 2.44. The Morgan fingerprint density at radius 1 is 1.23 bits per heavy atom. The third-order valence-corrected chi connectivity index (χ3v) is 4.41. The van der Waals surface area contributed by atoms with E-state index in [0.29, 0.717) is 0 Å². The lowest BCUT2D eigenvalue weighted by atomic mass is 10.3. The Morgan fingerprint density at radius 3 is 2.32 bits per heavy atom. The molecule has 0 aliphatic carbocycles. The minimum Gasteiger partial charge on any atom is -0.481 e. The summed E-state index contributed by atoms with van der Waals surface area (Å²) in [6.07, 6.45) is -1.08. The summed E-state index contributed by atoms with van der Waals surface area (Å²) in [7, 11) is -3.80. The highest BCUT2D eigenvalue weighted by Crippen LogP contribution is 2.43. The highest BCUT2D eigenvalue weighted by Gasteiger charge is 2.33. The Bertz CT molecular complexity index is 560. The summed E-state index contributed by atoms with van der Waals surface area (Å²) in [5.41, 5.74) is 0. The fraction of sp³-hybridized carbons (Fsp3) is 0.429. The molecule has 2 N–H and O–H groups in total. The quantitative estimate of drug-likeness (QED) is 0.557. The SMILES string of the molecule is CC(C)OC(=O)[C@H](C)N[P@](=O)(CC(=O)O)Oc1ccccc1. The van der Waals surface area contributed by atoms with Crippen molar-refractivity contribution in [2.45, 2.75) is 32.9 Å². The molecule has 8 heteroatoms. The lowest BCUT2D eigenvalue weighted by Crippen LogP contribution is -2.37. The second-order valence-corrected chi connectivity index (χ2v) is 7.07. The summed E-state index contributed by atoms with van der Waals surface area (Å²) in [5.74, 6) is -1.67. The molecule has 0 heterocycles.